The lowest BCUT2D eigenvalue weighted by Crippen LogP contribution is -2.47. The van der Waals surface area contributed by atoms with E-state index in [1.54, 1.807) is 53.6 Å². The molecule has 62 heavy (non-hydrogen) atoms. The monoisotopic (exact) mass is 880 g/mol. The fraction of sp³-hybridized carbons (Fsp3) is 0.333. The molecule has 324 valence electrons. The molecule has 0 bridgehead atoms. The molecule has 1 aromatic heterocycles. The van der Waals surface area contributed by atoms with Crippen LogP contribution in [-0.4, -0.2) is 99.0 Å². The molecule has 3 aliphatic rings. The van der Waals surface area contributed by atoms with Crippen molar-refractivity contribution in [1.29, 1.82) is 0 Å². The van der Waals surface area contributed by atoms with Gasteiger partial charge in [0.1, 0.15) is 16.3 Å². The second-order valence-electron chi connectivity index (χ2n) is 16.7. The summed E-state index contributed by atoms with van der Waals surface area (Å²) in [7, 11) is -4.82. The molecule has 0 atom stereocenters. The highest BCUT2D eigenvalue weighted by Gasteiger charge is 2.38. The molecule has 3 amide bonds. The maximum absolute atomic E-state index is 14.5. The van der Waals surface area contributed by atoms with Crippen molar-refractivity contribution in [2.24, 2.45) is 5.41 Å². The van der Waals surface area contributed by atoms with Crippen molar-refractivity contribution in [3.05, 3.63) is 123 Å². The second-order valence-corrected chi connectivity index (χ2v) is 18.8. The Morgan fingerprint density at radius 1 is 0.984 bits per heavy atom. The molecule has 2 aliphatic heterocycles. The number of hydrogen-bond donors (Lipinski definition) is 4. The van der Waals surface area contributed by atoms with Gasteiger partial charge in [0.25, 0.3) is 15.9 Å². The first-order valence-corrected chi connectivity index (χ1v) is 22.5. The fourth-order valence-corrected chi connectivity index (χ4v) is 9.72. The highest BCUT2D eigenvalue weighted by atomic mass is 35.5. The lowest BCUT2D eigenvalue weighted by Gasteiger charge is -2.40. The van der Waals surface area contributed by atoms with Crippen molar-refractivity contribution in [3.8, 4) is 11.5 Å². The van der Waals surface area contributed by atoms with E-state index < -0.39 is 37.2 Å². The smallest absolute Gasteiger partial charge is 0.338 e. The number of anilines is 2. The number of nitro benzene ring substituents is 1. The van der Waals surface area contributed by atoms with Gasteiger partial charge in [-0.05, 0) is 90.4 Å². The van der Waals surface area contributed by atoms with Gasteiger partial charge in [-0.1, -0.05) is 61.4 Å². The number of nitrogens with one attached hydrogen (secondary N) is 4. The largest absolute Gasteiger partial charge is 0.449 e. The summed E-state index contributed by atoms with van der Waals surface area (Å²) in [6.07, 6.45) is 4.68. The van der Waals surface area contributed by atoms with Crippen LogP contribution in [0.4, 0.5) is 21.9 Å². The average molecular weight is 881 g/mol. The SMILES string of the molecule is CC1(C)CCC(CN2CCN(c3cc(S(=O)(=O)NC(=O)c4ccccc4)c(Oc4ccc5[nH]ccc5c4)c([N+](=O)[O-])c3NCCN3CCNC3=O)CC2)=C(c2ccc(Cl)cc2)C1. The number of urea groups is 1. The van der Waals surface area contributed by atoms with E-state index >= 15 is 0 Å². The van der Waals surface area contributed by atoms with Crippen molar-refractivity contribution in [2.45, 2.75) is 38.0 Å². The van der Waals surface area contributed by atoms with Gasteiger partial charge in [-0.2, -0.15) is 0 Å². The number of carbonyl (C=O) groups excluding carboxylic acids is 2. The number of aromatic nitrogens is 1. The summed E-state index contributed by atoms with van der Waals surface area (Å²) >= 11 is 6.26. The molecule has 0 saturated carbocycles. The molecule has 5 aromatic rings. The highest BCUT2D eigenvalue weighted by Crippen LogP contribution is 2.49. The van der Waals surface area contributed by atoms with Crippen molar-refractivity contribution >= 4 is 67.1 Å². The third-order valence-corrected chi connectivity index (χ3v) is 13.4. The Morgan fingerprint density at radius 3 is 2.45 bits per heavy atom. The molecule has 0 unspecified atom stereocenters. The number of amides is 3. The third kappa shape index (κ3) is 9.37. The zero-order valence-electron chi connectivity index (χ0n) is 34.6. The Kier molecular flexibility index (Phi) is 12.2. The van der Waals surface area contributed by atoms with Crippen molar-refractivity contribution in [1.82, 2.24) is 24.8 Å². The van der Waals surface area contributed by atoms with Crippen LogP contribution in [-0.2, 0) is 10.0 Å². The van der Waals surface area contributed by atoms with Gasteiger partial charge in [-0.3, -0.25) is 19.8 Å². The van der Waals surface area contributed by atoms with Crippen molar-refractivity contribution < 1.29 is 27.7 Å². The Bertz CT molecular complexity index is 2640. The topological polar surface area (TPSA) is 182 Å². The van der Waals surface area contributed by atoms with E-state index in [4.69, 9.17) is 16.3 Å². The van der Waals surface area contributed by atoms with Crippen LogP contribution in [0.25, 0.3) is 16.5 Å². The van der Waals surface area contributed by atoms with Gasteiger partial charge in [0.15, 0.2) is 0 Å². The number of sulfonamides is 1. The molecular formula is C45H49ClN8O7S. The van der Waals surface area contributed by atoms with Crippen molar-refractivity contribution in [2.75, 3.05) is 69.1 Å². The third-order valence-electron chi connectivity index (χ3n) is 11.8. The Balaban J connectivity index is 1.17. The molecule has 15 nitrogen and oxygen atoms in total. The quantitative estimate of drug-likeness (QED) is 0.0633. The van der Waals surface area contributed by atoms with Crippen molar-refractivity contribution in [3.63, 3.8) is 0 Å². The zero-order valence-corrected chi connectivity index (χ0v) is 36.2. The molecule has 4 N–H and O–H groups in total. The molecule has 3 heterocycles. The Labute approximate surface area is 365 Å². The zero-order chi connectivity index (χ0) is 43.6. The van der Waals surface area contributed by atoms with Crippen LogP contribution in [0.1, 0.15) is 49.0 Å². The maximum atomic E-state index is 14.5. The number of carbonyl (C=O) groups is 2. The number of hydrogen-bond acceptors (Lipinski definition) is 10. The minimum atomic E-state index is -4.82. The van der Waals surface area contributed by atoms with Gasteiger partial charge in [-0.15, -0.1) is 0 Å². The predicted molar refractivity (Wildman–Crippen MR) is 241 cm³/mol. The molecule has 2 saturated heterocycles. The number of halogens is 1. The minimum absolute atomic E-state index is 0.0383. The lowest BCUT2D eigenvalue weighted by molar-refractivity contribution is -0.384. The first-order valence-electron chi connectivity index (χ1n) is 20.7. The Hall–Kier alpha value is -6.10. The van der Waals surface area contributed by atoms with E-state index in [2.05, 4.69) is 51.2 Å². The van der Waals surface area contributed by atoms with E-state index in [1.807, 2.05) is 17.0 Å². The van der Waals surface area contributed by atoms with E-state index in [0.29, 0.717) is 44.3 Å². The number of piperazine rings is 1. The number of aromatic amines is 1. The summed E-state index contributed by atoms with van der Waals surface area (Å²) in [5.41, 5.74) is 4.54. The van der Waals surface area contributed by atoms with E-state index in [9.17, 15) is 28.1 Å². The van der Waals surface area contributed by atoms with Crippen LogP contribution in [0.3, 0.4) is 0 Å². The van der Waals surface area contributed by atoms with Gasteiger partial charge in [0.2, 0.25) is 5.75 Å². The van der Waals surface area contributed by atoms with Gasteiger partial charge in [0.05, 0.1) is 10.6 Å². The molecule has 0 radical (unpaired) electrons. The van der Waals surface area contributed by atoms with Gasteiger partial charge in [-0.25, -0.2) is 17.9 Å². The summed E-state index contributed by atoms with van der Waals surface area (Å²) in [4.78, 5) is 47.0. The minimum Gasteiger partial charge on any atom is -0.449 e. The molecule has 17 heteroatoms. The molecule has 8 rings (SSSR count). The number of benzene rings is 4. The van der Waals surface area contributed by atoms with E-state index in [0.717, 1.165) is 42.3 Å². The normalized spacial score (nSPS) is 17.0. The molecule has 4 aromatic carbocycles. The Morgan fingerprint density at radius 2 is 1.74 bits per heavy atom. The van der Waals surface area contributed by atoms with Crippen LogP contribution in [0.2, 0.25) is 5.02 Å². The average Bonchev–Trinajstić information content (AvgIpc) is 3.90. The highest BCUT2D eigenvalue weighted by molar-refractivity contribution is 7.90. The molecular weight excluding hydrogens is 832 g/mol. The van der Waals surface area contributed by atoms with Crippen LogP contribution in [0.15, 0.2) is 102 Å². The van der Waals surface area contributed by atoms with Crippen LogP contribution >= 0.6 is 11.6 Å². The first kappa shape index (κ1) is 42.6. The van der Waals surface area contributed by atoms with Gasteiger partial charge < -0.3 is 30.2 Å². The summed E-state index contributed by atoms with van der Waals surface area (Å²) in [6, 6.07) is 23.7. The number of fused-ring (bicyclic) bond motifs is 1. The number of H-pyrrole nitrogens is 1. The molecule has 1 aliphatic carbocycles. The fourth-order valence-electron chi connectivity index (χ4n) is 8.47. The number of nitrogens with zero attached hydrogens (tertiary/aromatic N) is 4. The van der Waals surface area contributed by atoms with Crippen LogP contribution < -0.4 is 25.0 Å². The van der Waals surface area contributed by atoms with E-state index in [1.165, 1.54) is 29.3 Å². The van der Waals surface area contributed by atoms with Gasteiger partial charge in [0, 0.05) is 86.6 Å². The lowest BCUT2D eigenvalue weighted by atomic mass is 9.72. The number of allylic oxidation sites excluding steroid dienone is 1. The van der Waals surface area contributed by atoms with Gasteiger partial charge >= 0.3 is 11.7 Å². The molecule has 0 spiro atoms. The summed E-state index contributed by atoms with van der Waals surface area (Å²) in [5.74, 6) is -1.33. The maximum Gasteiger partial charge on any atom is 0.338 e. The standard InChI is InChI=1S/C45H49ClN8O7S/c1-45(2)16-14-33(36(28-45)30-8-10-34(46)11-9-30)29-51-22-24-52(25-23-51)38-27-39(62(59,60)50-43(55)31-6-4-3-5-7-31)42(61-35-12-13-37-32(26-35)15-17-47-37)41(54(57)58)40(38)48-18-20-53-21-19-49-44(53)56/h3-13,15,17,26-27,47-48H,14,16,18-25,28-29H2,1-2H3,(H,49,56)(H,50,55). The van der Waals surface area contributed by atoms with Crippen LogP contribution in [0, 0.1) is 15.5 Å². The number of nitro groups is 1. The summed E-state index contributed by atoms with van der Waals surface area (Å²) < 4.78 is 37.4. The second kappa shape index (κ2) is 17.7. The van der Waals surface area contributed by atoms with Crippen LogP contribution in [0.5, 0.6) is 11.5 Å². The summed E-state index contributed by atoms with van der Waals surface area (Å²) in [6.45, 7) is 8.63. The first-order chi connectivity index (χ1) is 29.7. The number of ether oxygens (including phenoxy) is 1. The predicted octanol–water partition coefficient (Wildman–Crippen LogP) is 7.86. The number of rotatable bonds is 14. The summed E-state index contributed by atoms with van der Waals surface area (Å²) in [5, 5.41) is 20.8. The van der Waals surface area contributed by atoms with E-state index in [-0.39, 0.29) is 47.2 Å². The molecule has 2 fully saturated rings.